The van der Waals surface area contributed by atoms with Crippen LogP contribution in [0.15, 0.2) is 42.6 Å². The minimum Gasteiger partial charge on any atom is -0.350 e. The number of carbonyl (C=O) groups excluding carboxylic acids is 2. The summed E-state index contributed by atoms with van der Waals surface area (Å²) >= 11 is 5.83. The van der Waals surface area contributed by atoms with Gasteiger partial charge in [-0.25, -0.2) is 0 Å². The lowest BCUT2D eigenvalue weighted by molar-refractivity contribution is -0.126. The third kappa shape index (κ3) is 2.72. The van der Waals surface area contributed by atoms with E-state index in [9.17, 15) is 9.59 Å². The van der Waals surface area contributed by atoms with Crippen LogP contribution in [0.3, 0.4) is 0 Å². The van der Waals surface area contributed by atoms with Gasteiger partial charge in [0.15, 0.2) is 0 Å². The molecule has 1 aliphatic rings. The molecule has 0 fully saturated rings. The summed E-state index contributed by atoms with van der Waals surface area (Å²) in [6, 6.07) is 10.4. The Morgan fingerprint density at radius 2 is 2.05 bits per heavy atom. The van der Waals surface area contributed by atoms with Gasteiger partial charge in [0, 0.05) is 24.8 Å². The molecule has 0 saturated heterocycles. The highest BCUT2D eigenvalue weighted by atomic mass is 35.5. The molecule has 1 aliphatic heterocycles. The van der Waals surface area contributed by atoms with Gasteiger partial charge in [0.05, 0.1) is 6.54 Å². The second-order valence-electron chi connectivity index (χ2n) is 5.32. The number of nitrogens with zero attached hydrogens (tertiary/aromatic N) is 2. The van der Waals surface area contributed by atoms with Gasteiger partial charge < -0.3 is 14.8 Å². The summed E-state index contributed by atoms with van der Waals surface area (Å²) in [7, 11) is 1.66. The van der Waals surface area contributed by atoms with E-state index in [2.05, 4.69) is 5.32 Å². The molecule has 0 saturated carbocycles. The van der Waals surface area contributed by atoms with E-state index in [4.69, 9.17) is 11.6 Å². The number of hydrogen-bond acceptors (Lipinski definition) is 2. The van der Waals surface area contributed by atoms with Crippen molar-refractivity contribution in [2.75, 3.05) is 7.05 Å². The first kappa shape index (κ1) is 14.7. The van der Waals surface area contributed by atoms with E-state index >= 15 is 0 Å². The van der Waals surface area contributed by atoms with Gasteiger partial charge in [0.25, 0.3) is 5.91 Å². The number of carbonyl (C=O) groups is 2. The van der Waals surface area contributed by atoms with Crippen molar-refractivity contribution in [2.24, 2.45) is 0 Å². The molecule has 1 N–H and O–H groups in total. The number of aromatic nitrogens is 1. The van der Waals surface area contributed by atoms with Gasteiger partial charge in [-0.15, -0.1) is 0 Å². The molecule has 5 nitrogen and oxygen atoms in total. The zero-order chi connectivity index (χ0) is 15.7. The Bertz CT molecular complexity index is 708. The van der Waals surface area contributed by atoms with Crippen molar-refractivity contribution >= 4 is 23.4 Å². The van der Waals surface area contributed by atoms with Crippen LogP contribution in [0.1, 0.15) is 16.1 Å². The second-order valence-corrected chi connectivity index (χ2v) is 5.76. The molecule has 1 atom stereocenters. The normalized spacial score (nSPS) is 17.3. The molecular formula is C16H16ClN3O2. The minimum absolute atomic E-state index is 0.136. The van der Waals surface area contributed by atoms with Crippen LogP contribution in [0.5, 0.6) is 0 Å². The van der Waals surface area contributed by atoms with E-state index in [1.165, 1.54) is 4.90 Å². The fraction of sp³-hybridized carbons (Fsp3) is 0.250. The zero-order valence-corrected chi connectivity index (χ0v) is 12.9. The molecule has 6 heteroatoms. The molecule has 1 aromatic carbocycles. The van der Waals surface area contributed by atoms with Crippen molar-refractivity contribution < 1.29 is 9.59 Å². The molecule has 3 rings (SSSR count). The number of rotatable bonds is 3. The lowest BCUT2D eigenvalue weighted by Gasteiger charge is -2.32. The Morgan fingerprint density at radius 3 is 2.77 bits per heavy atom. The Hall–Kier alpha value is -2.27. The van der Waals surface area contributed by atoms with Crippen LogP contribution < -0.4 is 5.32 Å². The van der Waals surface area contributed by atoms with Crippen molar-refractivity contribution in [1.29, 1.82) is 0 Å². The second kappa shape index (κ2) is 5.85. The van der Waals surface area contributed by atoms with Crippen LogP contribution in [-0.4, -0.2) is 34.4 Å². The summed E-state index contributed by atoms with van der Waals surface area (Å²) in [5.74, 6) is -0.298. The fourth-order valence-electron chi connectivity index (χ4n) is 2.57. The van der Waals surface area contributed by atoms with E-state index in [1.54, 1.807) is 25.2 Å². The molecule has 2 heterocycles. The van der Waals surface area contributed by atoms with E-state index < -0.39 is 6.04 Å². The Balaban J connectivity index is 1.67. The first-order valence-electron chi connectivity index (χ1n) is 7.01. The Labute approximate surface area is 133 Å². The minimum atomic E-state index is -0.500. The summed E-state index contributed by atoms with van der Waals surface area (Å²) in [5, 5.41) is 3.53. The number of fused-ring (bicyclic) bond motifs is 1. The molecule has 0 bridgehead atoms. The molecule has 1 aromatic heterocycles. The van der Waals surface area contributed by atoms with Crippen LogP contribution in [0.25, 0.3) is 0 Å². The van der Waals surface area contributed by atoms with E-state index in [-0.39, 0.29) is 11.8 Å². The third-order valence-corrected chi connectivity index (χ3v) is 4.14. The van der Waals surface area contributed by atoms with Crippen LogP contribution in [-0.2, 0) is 17.9 Å². The number of benzene rings is 1. The van der Waals surface area contributed by atoms with Gasteiger partial charge >= 0.3 is 0 Å². The smallest absolute Gasteiger partial charge is 0.270 e. The molecular weight excluding hydrogens is 302 g/mol. The predicted octanol–water partition coefficient (Wildman–Crippen LogP) is 1.91. The van der Waals surface area contributed by atoms with Crippen LogP contribution in [0.2, 0.25) is 5.02 Å². The molecule has 22 heavy (non-hydrogen) atoms. The average molecular weight is 318 g/mol. The quantitative estimate of drug-likeness (QED) is 0.940. The predicted molar refractivity (Wildman–Crippen MR) is 83.6 cm³/mol. The van der Waals surface area contributed by atoms with Gasteiger partial charge in [-0.1, -0.05) is 23.7 Å². The van der Waals surface area contributed by atoms with E-state index in [0.717, 1.165) is 5.56 Å². The lowest BCUT2D eigenvalue weighted by atomic mass is 10.1. The molecule has 2 aromatic rings. The van der Waals surface area contributed by atoms with Gasteiger partial charge in [0.2, 0.25) is 5.91 Å². The number of nitrogens with one attached hydrogen (secondary N) is 1. The van der Waals surface area contributed by atoms with Gasteiger partial charge in [0.1, 0.15) is 11.7 Å². The van der Waals surface area contributed by atoms with Gasteiger partial charge in [-0.05, 0) is 29.8 Å². The van der Waals surface area contributed by atoms with E-state index in [1.807, 2.05) is 29.0 Å². The fourth-order valence-corrected chi connectivity index (χ4v) is 2.69. The topological polar surface area (TPSA) is 54.3 Å². The highest BCUT2D eigenvalue weighted by molar-refractivity contribution is 6.30. The first-order chi connectivity index (χ1) is 10.6. The Morgan fingerprint density at radius 1 is 1.32 bits per heavy atom. The Kier molecular flexibility index (Phi) is 3.90. The largest absolute Gasteiger partial charge is 0.350 e. The standard InChI is InChI=1S/C16H16ClN3O2/c1-19-14(10-20-8-2-3-13(20)16(19)22)15(21)18-9-11-4-6-12(17)7-5-11/h2-8,14H,9-10H2,1H3,(H,18,21). The average Bonchev–Trinajstić information content (AvgIpc) is 2.98. The number of halogens is 1. The molecule has 0 spiro atoms. The summed E-state index contributed by atoms with van der Waals surface area (Å²) < 4.78 is 1.81. The maximum atomic E-state index is 12.4. The van der Waals surface area contributed by atoms with Crippen LogP contribution in [0, 0.1) is 0 Å². The molecule has 0 aliphatic carbocycles. The summed E-state index contributed by atoms with van der Waals surface area (Å²) in [4.78, 5) is 26.1. The zero-order valence-electron chi connectivity index (χ0n) is 12.1. The van der Waals surface area contributed by atoms with Crippen molar-refractivity contribution in [2.45, 2.75) is 19.1 Å². The van der Waals surface area contributed by atoms with E-state index in [0.29, 0.717) is 23.8 Å². The van der Waals surface area contributed by atoms with Gasteiger partial charge in [-0.3, -0.25) is 9.59 Å². The number of hydrogen-bond donors (Lipinski definition) is 1. The monoisotopic (exact) mass is 317 g/mol. The lowest BCUT2D eigenvalue weighted by Crippen LogP contribution is -2.53. The summed E-state index contributed by atoms with van der Waals surface area (Å²) in [6.07, 6.45) is 1.82. The SMILES string of the molecule is CN1C(=O)c2cccn2CC1C(=O)NCc1ccc(Cl)cc1. The molecule has 1 unspecified atom stereocenters. The maximum absolute atomic E-state index is 12.4. The van der Waals surface area contributed by atoms with Crippen molar-refractivity contribution in [3.05, 3.63) is 58.9 Å². The maximum Gasteiger partial charge on any atom is 0.270 e. The van der Waals surface area contributed by atoms with Crippen molar-refractivity contribution in [3.8, 4) is 0 Å². The highest BCUT2D eigenvalue weighted by Crippen LogP contribution is 2.17. The third-order valence-electron chi connectivity index (χ3n) is 3.89. The van der Waals surface area contributed by atoms with Crippen LogP contribution >= 0.6 is 11.6 Å². The van der Waals surface area contributed by atoms with Crippen molar-refractivity contribution in [3.63, 3.8) is 0 Å². The molecule has 114 valence electrons. The molecule has 0 radical (unpaired) electrons. The van der Waals surface area contributed by atoms with Crippen molar-refractivity contribution in [1.82, 2.24) is 14.8 Å². The molecule has 2 amide bonds. The van der Waals surface area contributed by atoms with Crippen LogP contribution in [0.4, 0.5) is 0 Å². The highest BCUT2D eigenvalue weighted by Gasteiger charge is 2.33. The number of likely N-dealkylation sites (N-methyl/N-ethyl adjacent to an activating group) is 1. The summed E-state index contributed by atoms with van der Waals surface area (Å²) in [6.45, 7) is 0.879. The van der Waals surface area contributed by atoms with Gasteiger partial charge in [-0.2, -0.15) is 0 Å². The summed E-state index contributed by atoms with van der Waals surface area (Å²) in [5.41, 5.74) is 1.58. The first-order valence-corrected chi connectivity index (χ1v) is 7.38. The number of amides is 2.